The summed E-state index contributed by atoms with van der Waals surface area (Å²) in [6, 6.07) is 0. The highest BCUT2D eigenvalue weighted by Gasteiger charge is 2.20. The summed E-state index contributed by atoms with van der Waals surface area (Å²) in [5, 5.41) is 3.69. The summed E-state index contributed by atoms with van der Waals surface area (Å²) in [6.45, 7) is 6.21. The van der Waals surface area contributed by atoms with Gasteiger partial charge in [0.25, 0.3) is 0 Å². The normalized spacial score (nSPS) is 11.1. The molecule has 0 atom stereocenters. The van der Waals surface area contributed by atoms with E-state index in [1.54, 1.807) is 6.26 Å². The van der Waals surface area contributed by atoms with Crippen molar-refractivity contribution >= 4 is 0 Å². The first-order valence-electron chi connectivity index (χ1n) is 3.47. The Morgan fingerprint density at radius 3 is 2.55 bits per heavy atom. The number of hydrogen-bond donors (Lipinski definition) is 0. The maximum atomic E-state index is 5.22. The van der Waals surface area contributed by atoms with Crippen LogP contribution in [0.5, 0.6) is 0 Å². The van der Waals surface area contributed by atoms with Gasteiger partial charge in [0.1, 0.15) is 6.26 Å². The second-order valence-electron chi connectivity index (χ2n) is 3.47. The average molecular weight is 149 g/mol. The average Bonchev–Trinajstić information content (AvgIpc) is 2.31. The minimum Gasteiger partial charge on any atom is -0.363 e. The largest absolute Gasteiger partial charge is 0.363 e. The van der Waals surface area contributed by atoms with Crippen LogP contribution in [0.4, 0.5) is 0 Å². The van der Waals surface area contributed by atoms with E-state index in [1.165, 1.54) is 0 Å². The quantitative estimate of drug-likeness (QED) is 0.527. The molecule has 0 aliphatic heterocycles. The third-order valence-electron chi connectivity index (χ3n) is 1.51. The van der Waals surface area contributed by atoms with Crippen molar-refractivity contribution < 1.29 is 4.52 Å². The van der Waals surface area contributed by atoms with E-state index in [2.05, 4.69) is 31.8 Å². The van der Waals surface area contributed by atoms with E-state index in [-0.39, 0.29) is 5.41 Å². The zero-order chi connectivity index (χ0) is 8.48. The highest BCUT2D eigenvalue weighted by molar-refractivity contribution is 5.35. The van der Waals surface area contributed by atoms with Gasteiger partial charge in [-0.2, -0.15) is 0 Å². The molecule has 0 bridgehead atoms. The summed E-state index contributed by atoms with van der Waals surface area (Å²) in [6.07, 6.45) is 6.83. The smallest absolute Gasteiger partial charge is 0.159 e. The lowest BCUT2D eigenvalue weighted by Gasteiger charge is -2.14. The van der Waals surface area contributed by atoms with Gasteiger partial charge in [0.05, 0.1) is 0 Å². The Morgan fingerprint density at radius 1 is 1.55 bits per heavy atom. The van der Waals surface area contributed by atoms with Crippen molar-refractivity contribution in [1.29, 1.82) is 0 Å². The fourth-order valence-corrected chi connectivity index (χ4v) is 0.873. The molecule has 0 unspecified atom stereocenters. The Bertz CT molecular complexity index is 285. The first kappa shape index (κ1) is 7.87. The summed E-state index contributed by atoms with van der Waals surface area (Å²) >= 11 is 0. The highest BCUT2D eigenvalue weighted by atomic mass is 16.5. The first-order valence-corrected chi connectivity index (χ1v) is 3.47. The number of terminal acetylenes is 1. The van der Waals surface area contributed by atoms with Crippen molar-refractivity contribution in [3.05, 3.63) is 17.5 Å². The van der Waals surface area contributed by atoms with E-state index < -0.39 is 0 Å². The molecule has 0 saturated carbocycles. The molecule has 0 aliphatic carbocycles. The Balaban J connectivity index is 3.15. The van der Waals surface area contributed by atoms with Crippen molar-refractivity contribution in [3.8, 4) is 12.3 Å². The third kappa shape index (κ3) is 1.43. The Hall–Kier alpha value is -1.23. The minimum atomic E-state index is 0.0156. The van der Waals surface area contributed by atoms with Crippen LogP contribution in [0.15, 0.2) is 10.8 Å². The van der Waals surface area contributed by atoms with Crippen molar-refractivity contribution in [1.82, 2.24) is 5.16 Å². The van der Waals surface area contributed by atoms with Crippen LogP contribution in [-0.4, -0.2) is 5.16 Å². The maximum Gasteiger partial charge on any atom is 0.159 e. The molecule has 2 nitrogen and oxygen atoms in total. The second-order valence-corrected chi connectivity index (χ2v) is 3.47. The lowest BCUT2D eigenvalue weighted by atomic mass is 9.88. The van der Waals surface area contributed by atoms with Crippen molar-refractivity contribution in [2.45, 2.75) is 26.2 Å². The predicted molar refractivity (Wildman–Crippen MR) is 43.1 cm³/mol. The van der Waals surface area contributed by atoms with E-state index >= 15 is 0 Å². The lowest BCUT2D eigenvalue weighted by molar-refractivity contribution is 0.415. The fourth-order valence-electron chi connectivity index (χ4n) is 0.873. The van der Waals surface area contributed by atoms with Crippen molar-refractivity contribution in [2.75, 3.05) is 0 Å². The van der Waals surface area contributed by atoms with Gasteiger partial charge in [-0.05, 0) is 11.3 Å². The van der Waals surface area contributed by atoms with Gasteiger partial charge >= 0.3 is 0 Å². The molecular weight excluding hydrogens is 138 g/mol. The molecule has 0 amide bonds. The van der Waals surface area contributed by atoms with Crippen molar-refractivity contribution in [3.63, 3.8) is 0 Å². The molecule has 2 heteroatoms. The number of hydrogen-bond acceptors (Lipinski definition) is 2. The van der Waals surface area contributed by atoms with E-state index in [9.17, 15) is 0 Å². The molecule has 0 spiro atoms. The van der Waals surface area contributed by atoms with Gasteiger partial charge < -0.3 is 4.52 Å². The molecule has 0 radical (unpaired) electrons. The summed E-state index contributed by atoms with van der Waals surface area (Å²) in [5.74, 6) is 2.48. The zero-order valence-electron chi connectivity index (χ0n) is 7.01. The maximum absolute atomic E-state index is 5.22. The van der Waals surface area contributed by atoms with E-state index in [4.69, 9.17) is 10.9 Å². The molecule has 11 heavy (non-hydrogen) atoms. The van der Waals surface area contributed by atoms with E-state index in [0.29, 0.717) is 5.69 Å². The standard InChI is InChI=1S/C9H11NO/c1-5-8-7(6-11-10-8)9(2,3)4/h1,6H,2-4H3. The topological polar surface area (TPSA) is 26.0 Å². The summed E-state index contributed by atoms with van der Waals surface area (Å²) < 4.78 is 4.77. The van der Waals surface area contributed by atoms with Gasteiger partial charge in [-0.3, -0.25) is 0 Å². The molecule has 0 N–H and O–H groups in total. The number of aromatic nitrogens is 1. The molecule has 0 aliphatic rings. The molecule has 58 valence electrons. The van der Waals surface area contributed by atoms with Crippen LogP contribution >= 0.6 is 0 Å². The molecule has 1 rings (SSSR count). The molecule has 0 aromatic carbocycles. The highest BCUT2D eigenvalue weighted by Crippen LogP contribution is 2.24. The Labute approximate surface area is 66.6 Å². The van der Waals surface area contributed by atoms with E-state index in [1.807, 2.05) is 0 Å². The minimum absolute atomic E-state index is 0.0156. The van der Waals surface area contributed by atoms with Gasteiger partial charge in [-0.15, -0.1) is 6.42 Å². The number of nitrogens with zero attached hydrogens (tertiary/aromatic N) is 1. The Morgan fingerprint density at radius 2 is 2.18 bits per heavy atom. The predicted octanol–water partition coefficient (Wildman–Crippen LogP) is 1.95. The molecule has 0 saturated heterocycles. The molecule has 0 fully saturated rings. The molecule has 1 aromatic rings. The van der Waals surface area contributed by atoms with Gasteiger partial charge in [0.15, 0.2) is 5.69 Å². The summed E-state index contributed by atoms with van der Waals surface area (Å²) in [5.41, 5.74) is 1.61. The SMILES string of the molecule is C#Cc1nocc1C(C)(C)C. The molecular formula is C9H11NO. The first-order chi connectivity index (χ1) is 5.05. The lowest BCUT2D eigenvalue weighted by Crippen LogP contribution is -2.11. The summed E-state index contributed by atoms with van der Waals surface area (Å²) in [4.78, 5) is 0. The van der Waals surface area contributed by atoms with Gasteiger partial charge in [0, 0.05) is 5.56 Å². The fraction of sp³-hybridized carbons (Fsp3) is 0.444. The van der Waals surface area contributed by atoms with Gasteiger partial charge in [-0.25, -0.2) is 0 Å². The van der Waals surface area contributed by atoms with Crippen LogP contribution < -0.4 is 0 Å². The third-order valence-corrected chi connectivity index (χ3v) is 1.51. The summed E-state index contributed by atoms with van der Waals surface area (Å²) in [7, 11) is 0. The monoisotopic (exact) mass is 149 g/mol. The molecule has 1 aromatic heterocycles. The Kier molecular flexibility index (Phi) is 1.74. The number of rotatable bonds is 0. The van der Waals surface area contributed by atoms with Crippen LogP contribution in [0.25, 0.3) is 0 Å². The van der Waals surface area contributed by atoms with Crippen LogP contribution in [0.3, 0.4) is 0 Å². The van der Waals surface area contributed by atoms with Crippen LogP contribution in [0.2, 0.25) is 0 Å². The van der Waals surface area contributed by atoms with Crippen LogP contribution in [0, 0.1) is 12.3 Å². The second kappa shape index (κ2) is 2.43. The van der Waals surface area contributed by atoms with Crippen LogP contribution in [0.1, 0.15) is 32.0 Å². The van der Waals surface area contributed by atoms with Gasteiger partial charge in [0.2, 0.25) is 0 Å². The van der Waals surface area contributed by atoms with E-state index in [0.717, 1.165) is 5.56 Å². The zero-order valence-corrected chi connectivity index (χ0v) is 7.01. The van der Waals surface area contributed by atoms with Crippen molar-refractivity contribution in [2.24, 2.45) is 0 Å². The molecule has 1 heterocycles. The van der Waals surface area contributed by atoms with Gasteiger partial charge in [-0.1, -0.05) is 25.9 Å². The van der Waals surface area contributed by atoms with Crippen LogP contribution in [-0.2, 0) is 5.41 Å².